The highest BCUT2D eigenvalue weighted by Crippen LogP contribution is 2.44. The molecule has 1 atom stereocenters. The number of nitrogens with zero attached hydrogens (tertiary/aromatic N) is 3. The molecule has 0 aliphatic carbocycles. The van der Waals surface area contributed by atoms with Crippen LogP contribution >= 0.6 is 0 Å². The Labute approximate surface area is 210 Å². The summed E-state index contributed by atoms with van der Waals surface area (Å²) in [4.78, 5) is 46.3. The normalized spacial score (nSPS) is 18.2. The molecule has 0 saturated carbocycles. The Hall–Kier alpha value is -4.44. The van der Waals surface area contributed by atoms with Gasteiger partial charge in [0.2, 0.25) is 11.8 Å². The van der Waals surface area contributed by atoms with Crippen LogP contribution < -0.4 is 10.2 Å². The van der Waals surface area contributed by atoms with E-state index in [0.717, 1.165) is 5.56 Å². The maximum atomic E-state index is 13.3. The summed E-state index contributed by atoms with van der Waals surface area (Å²) in [6.45, 7) is 2.32. The van der Waals surface area contributed by atoms with Gasteiger partial charge in [0, 0.05) is 36.8 Å². The van der Waals surface area contributed by atoms with Gasteiger partial charge in [0.05, 0.1) is 11.3 Å². The molecule has 0 bridgehead atoms. The molecule has 1 aromatic heterocycles. The number of rotatable bonds is 5. The minimum atomic E-state index is -0.709. The number of fused-ring (bicyclic) bond motifs is 3. The van der Waals surface area contributed by atoms with Crippen molar-refractivity contribution >= 4 is 29.1 Å². The van der Waals surface area contributed by atoms with Gasteiger partial charge in [-0.3, -0.25) is 19.3 Å². The zero-order valence-corrected chi connectivity index (χ0v) is 20.0. The average Bonchev–Trinajstić information content (AvgIpc) is 3.20. The van der Waals surface area contributed by atoms with Gasteiger partial charge in [-0.25, -0.2) is 4.98 Å². The van der Waals surface area contributed by atoms with E-state index in [4.69, 9.17) is 0 Å². The minimum absolute atomic E-state index is 0.0196. The Morgan fingerprint density at radius 2 is 1.89 bits per heavy atom. The molecule has 1 N–H and O–H groups in total. The molecule has 2 aliphatic heterocycles. The fourth-order valence-electron chi connectivity index (χ4n) is 4.91. The smallest absolute Gasteiger partial charge is 0.257 e. The number of aromatic nitrogens is 1. The molecule has 0 spiro atoms. The van der Waals surface area contributed by atoms with E-state index >= 15 is 0 Å². The summed E-state index contributed by atoms with van der Waals surface area (Å²) in [6, 6.07) is 20.1. The molecule has 3 aromatic rings. The summed E-state index contributed by atoms with van der Waals surface area (Å²) in [6.07, 6.45) is 3.40. The topological polar surface area (TPSA) is 82.6 Å². The largest absolute Gasteiger partial charge is 0.326 e. The van der Waals surface area contributed by atoms with Crippen molar-refractivity contribution < 1.29 is 14.4 Å². The standard InChI is InChI=1S/C29H26N4O3/c1-29-17-16-27(35)33(29)25-12-3-2-11-24(25)28(36)32(29)19-7-13-26(34)31-23-10-6-8-21(20-23)14-15-22-9-4-5-18-30-22/h2-6,8-12,18,20H,7,13,16-17,19H2,1H3,(H,31,34). The van der Waals surface area contributed by atoms with E-state index in [2.05, 4.69) is 22.1 Å². The van der Waals surface area contributed by atoms with Crippen molar-refractivity contribution in [3.05, 3.63) is 89.7 Å². The molecule has 1 saturated heterocycles. The van der Waals surface area contributed by atoms with Crippen LogP contribution in [0.4, 0.5) is 11.4 Å². The van der Waals surface area contributed by atoms with Gasteiger partial charge in [-0.15, -0.1) is 0 Å². The summed E-state index contributed by atoms with van der Waals surface area (Å²) >= 11 is 0. The van der Waals surface area contributed by atoms with Crippen molar-refractivity contribution in [1.29, 1.82) is 0 Å². The fourth-order valence-corrected chi connectivity index (χ4v) is 4.91. The second kappa shape index (κ2) is 9.67. The van der Waals surface area contributed by atoms with Crippen molar-refractivity contribution in [3.8, 4) is 11.8 Å². The van der Waals surface area contributed by atoms with Crippen LogP contribution in [0.1, 0.15) is 54.2 Å². The number of amides is 3. The van der Waals surface area contributed by atoms with E-state index in [1.807, 2.05) is 61.5 Å². The third-order valence-corrected chi connectivity index (χ3v) is 6.68. The molecule has 1 fully saturated rings. The van der Waals surface area contributed by atoms with Crippen LogP contribution in [0.25, 0.3) is 0 Å². The predicted molar refractivity (Wildman–Crippen MR) is 137 cm³/mol. The van der Waals surface area contributed by atoms with Crippen molar-refractivity contribution in [2.24, 2.45) is 0 Å². The Bertz CT molecular complexity index is 1390. The monoisotopic (exact) mass is 478 g/mol. The Morgan fingerprint density at radius 3 is 2.72 bits per heavy atom. The van der Waals surface area contributed by atoms with Crippen molar-refractivity contribution in [2.75, 3.05) is 16.8 Å². The number of hydrogen-bond acceptors (Lipinski definition) is 4. The van der Waals surface area contributed by atoms with E-state index in [1.165, 1.54) is 0 Å². The Balaban J connectivity index is 1.22. The van der Waals surface area contributed by atoms with E-state index in [9.17, 15) is 14.4 Å². The van der Waals surface area contributed by atoms with Crippen LogP contribution in [0.15, 0.2) is 72.9 Å². The first-order valence-electron chi connectivity index (χ1n) is 12.0. The third kappa shape index (κ3) is 4.46. The molecule has 5 rings (SSSR count). The third-order valence-electron chi connectivity index (χ3n) is 6.68. The predicted octanol–water partition coefficient (Wildman–Crippen LogP) is 4.20. The van der Waals surface area contributed by atoms with Crippen molar-refractivity contribution in [3.63, 3.8) is 0 Å². The van der Waals surface area contributed by atoms with E-state index in [-0.39, 0.29) is 24.1 Å². The Morgan fingerprint density at radius 1 is 1.06 bits per heavy atom. The van der Waals surface area contributed by atoms with Gasteiger partial charge in [-0.1, -0.05) is 30.2 Å². The SMILES string of the molecule is CC12CCC(=O)N1c1ccccc1C(=O)N2CCCC(=O)Nc1cccc(C#Cc2ccccn2)c1. The zero-order valence-electron chi connectivity index (χ0n) is 20.0. The van der Waals surface area contributed by atoms with Crippen LogP contribution in [-0.4, -0.2) is 39.8 Å². The molecule has 36 heavy (non-hydrogen) atoms. The first-order valence-corrected chi connectivity index (χ1v) is 12.0. The summed E-state index contributed by atoms with van der Waals surface area (Å²) in [5, 5.41) is 2.92. The molecule has 2 aliphatic rings. The second-order valence-corrected chi connectivity index (χ2v) is 9.12. The van der Waals surface area contributed by atoms with Gasteiger partial charge < -0.3 is 10.2 Å². The van der Waals surface area contributed by atoms with Crippen LogP contribution in [0.5, 0.6) is 0 Å². The molecule has 7 heteroatoms. The van der Waals surface area contributed by atoms with Gasteiger partial charge in [0.25, 0.3) is 5.91 Å². The molecule has 2 aromatic carbocycles. The van der Waals surface area contributed by atoms with Crippen molar-refractivity contribution in [2.45, 2.75) is 38.3 Å². The van der Waals surface area contributed by atoms with E-state index in [0.29, 0.717) is 48.4 Å². The first-order chi connectivity index (χ1) is 17.5. The molecule has 180 valence electrons. The minimum Gasteiger partial charge on any atom is -0.326 e. The highest BCUT2D eigenvalue weighted by molar-refractivity contribution is 6.10. The highest BCUT2D eigenvalue weighted by Gasteiger charge is 2.52. The maximum Gasteiger partial charge on any atom is 0.257 e. The molecular weight excluding hydrogens is 452 g/mol. The van der Waals surface area contributed by atoms with E-state index in [1.54, 1.807) is 28.1 Å². The quantitative estimate of drug-likeness (QED) is 0.558. The molecule has 7 nitrogen and oxygen atoms in total. The number of hydrogen-bond donors (Lipinski definition) is 1. The second-order valence-electron chi connectivity index (χ2n) is 9.12. The van der Waals surface area contributed by atoms with Crippen molar-refractivity contribution in [1.82, 2.24) is 9.88 Å². The molecule has 3 amide bonds. The maximum absolute atomic E-state index is 13.3. The number of carbonyl (C=O) groups is 3. The molecule has 0 radical (unpaired) electrons. The van der Waals surface area contributed by atoms with E-state index < -0.39 is 5.66 Å². The number of para-hydroxylation sites is 1. The fraction of sp³-hybridized carbons (Fsp3) is 0.241. The lowest BCUT2D eigenvalue weighted by Crippen LogP contribution is -2.62. The number of benzene rings is 2. The van der Waals surface area contributed by atoms with Gasteiger partial charge in [-0.05, 0) is 68.2 Å². The van der Waals surface area contributed by atoms with Gasteiger partial charge >= 0.3 is 0 Å². The lowest BCUT2D eigenvalue weighted by molar-refractivity contribution is -0.118. The van der Waals surface area contributed by atoms with Gasteiger partial charge in [0.15, 0.2) is 0 Å². The van der Waals surface area contributed by atoms with Crippen LogP contribution in [0.2, 0.25) is 0 Å². The number of nitrogens with one attached hydrogen (secondary N) is 1. The van der Waals surface area contributed by atoms with Crippen LogP contribution in [0.3, 0.4) is 0 Å². The first kappa shape index (κ1) is 23.3. The number of anilines is 2. The summed E-state index contributed by atoms with van der Waals surface area (Å²) in [5.41, 5.74) is 2.61. The summed E-state index contributed by atoms with van der Waals surface area (Å²) < 4.78 is 0. The highest BCUT2D eigenvalue weighted by atomic mass is 16.2. The summed E-state index contributed by atoms with van der Waals surface area (Å²) in [5.74, 6) is 5.85. The number of pyridine rings is 1. The molecule has 3 heterocycles. The van der Waals surface area contributed by atoms with Gasteiger partial charge in [-0.2, -0.15) is 0 Å². The number of carbonyl (C=O) groups excluding carboxylic acids is 3. The Kier molecular flexibility index (Phi) is 6.26. The zero-order chi connectivity index (χ0) is 25.1. The van der Waals surface area contributed by atoms with Gasteiger partial charge in [0.1, 0.15) is 11.4 Å². The summed E-state index contributed by atoms with van der Waals surface area (Å²) in [7, 11) is 0. The lowest BCUT2D eigenvalue weighted by Gasteiger charge is -2.48. The molecule has 1 unspecified atom stereocenters. The average molecular weight is 479 g/mol. The van der Waals surface area contributed by atoms with Crippen LogP contribution in [0, 0.1) is 11.8 Å². The lowest BCUT2D eigenvalue weighted by atomic mass is 9.98. The molecular formula is C29H26N4O3. The van der Waals surface area contributed by atoms with Crippen LogP contribution in [-0.2, 0) is 9.59 Å².